The quantitative estimate of drug-likeness (QED) is 0.862. The highest BCUT2D eigenvalue weighted by Crippen LogP contribution is 2.16. The van der Waals surface area contributed by atoms with Crippen LogP contribution in [-0.2, 0) is 22.6 Å². The molecule has 1 unspecified atom stereocenters. The lowest BCUT2D eigenvalue weighted by atomic mass is 10.1. The van der Waals surface area contributed by atoms with E-state index in [1.807, 2.05) is 13.1 Å². The van der Waals surface area contributed by atoms with Gasteiger partial charge in [-0.2, -0.15) is 0 Å². The Labute approximate surface area is 121 Å². The Bertz CT molecular complexity index is 542. The summed E-state index contributed by atoms with van der Waals surface area (Å²) in [7, 11) is 0. The summed E-state index contributed by atoms with van der Waals surface area (Å²) in [6.07, 6.45) is 3.82. The molecule has 0 aliphatic carbocycles. The van der Waals surface area contributed by atoms with Crippen molar-refractivity contribution in [3.05, 3.63) is 17.7 Å². The van der Waals surface area contributed by atoms with Crippen LogP contribution in [0.2, 0.25) is 0 Å². The van der Waals surface area contributed by atoms with E-state index < -0.39 is 0 Å². The Morgan fingerprint density at radius 2 is 2.45 bits per heavy atom. The molecule has 20 heavy (non-hydrogen) atoms. The van der Waals surface area contributed by atoms with E-state index in [4.69, 9.17) is 0 Å². The van der Waals surface area contributed by atoms with Crippen LogP contribution in [0.15, 0.2) is 6.20 Å². The maximum atomic E-state index is 12.0. The number of nitrogens with zero attached hydrogens (tertiary/aromatic N) is 3. The van der Waals surface area contributed by atoms with Crippen molar-refractivity contribution in [3.8, 4) is 0 Å². The molecule has 1 saturated heterocycles. The van der Waals surface area contributed by atoms with Crippen LogP contribution in [0, 0.1) is 6.92 Å². The molecule has 2 aliphatic heterocycles. The molecular formula is C13H18N4O2S. The number of fused-ring (bicyclic) bond motifs is 1. The number of hydrogen-bond donors (Lipinski definition) is 1. The average molecular weight is 294 g/mol. The molecule has 0 aromatic carbocycles. The zero-order valence-electron chi connectivity index (χ0n) is 11.5. The number of rotatable bonds is 3. The minimum absolute atomic E-state index is 0.0568. The van der Waals surface area contributed by atoms with Gasteiger partial charge in [0.2, 0.25) is 11.8 Å². The van der Waals surface area contributed by atoms with E-state index in [-0.39, 0.29) is 24.4 Å². The zero-order valence-corrected chi connectivity index (χ0v) is 12.3. The number of imidazole rings is 1. The van der Waals surface area contributed by atoms with E-state index in [2.05, 4.69) is 14.9 Å². The fraction of sp³-hybridized carbons (Fsp3) is 0.615. The Balaban J connectivity index is 1.54. The summed E-state index contributed by atoms with van der Waals surface area (Å²) in [6.45, 7) is 2.93. The lowest BCUT2D eigenvalue weighted by Gasteiger charge is -2.25. The highest BCUT2D eigenvalue weighted by atomic mass is 32.2. The molecule has 0 saturated carbocycles. The number of amides is 2. The highest BCUT2D eigenvalue weighted by molar-refractivity contribution is 8.00. The normalized spacial score (nSPS) is 21.9. The van der Waals surface area contributed by atoms with Crippen molar-refractivity contribution in [2.75, 3.05) is 18.2 Å². The van der Waals surface area contributed by atoms with Crippen molar-refractivity contribution in [2.24, 2.45) is 0 Å². The molecule has 3 rings (SSSR count). The molecular weight excluding hydrogens is 276 g/mol. The van der Waals surface area contributed by atoms with Crippen molar-refractivity contribution < 1.29 is 9.59 Å². The van der Waals surface area contributed by atoms with Gasteiger partial charge in [-0.15, -0.1) is 11.8 Å². The average Bonchev–Trinajstić information content (AvgIpc) is 2.94. The van der Waals surface area contributed by atoms with Gasteiger partial charge in [0, 0.05) is 25.2 Å². The van der Waals surface area contributed by atoms with E-state index >= 15 is 0 Å². The van der Waals surface area contributed by atoms with Crippen LogP contribution in [0.1, 0.15) is 17.9 Å². The number of aryl methyl sites for hydroxylation is 2. The van der Waals surface area contributed by atoms with Gasteiger partial charge in [-0.1, -0.05) is 0 Å². The second-order valence-electron chi connectivity index (χ2n) is 5.32. The summed E-state index contributed by atoms with van der Waals surface area (Å²) in [5, 5.41) is 3.03. The molecule has 2 amide bonds. The van der Waals surface area contributed by atoms with E-state index in [1.165, 1.54) is 0 Å². The summed E-state index contributed by atoms with van der Waals surface area (Å²) >= 11 is 1.56. The van der Waals surface area contributed by atoms with Crippen LogP contribution in [0.4, 0.5) is 0 Å². The summed E-state index contributed by atoms with van der Waals surface area (Å²) in [5.41, 5.74) is 1.02. The van der Waals surface area contributed by atoms with E-state index in [0.717, 1.165) is 30.9 Å². The van der Waals surface area contributed by atoms with Crippen molar-refractivity contribution in [1.82, 2.24) is 19.8 Å². The Kier molecular flexibility index (Phi) is 3.69. The van der Waals surface area contributed by atoms with Crippen LogP contribution < -0.4 is 5.32 Å². The monoisotopic (exact) mass is 294 g/mol. The standard InChI is InChI=1S/C13H18N4O2S/c1-9-4-16-5-10(2-3-11(16)14-9)15-12(18)6-17-8-20-7-13(17)19/h4,10H,2-3,5-8H2,1H3,(H,15,18). The SMILES string of the molecule is Cc1cn2c(n1)CCC(NC(=O)CN1CSCC1=O)C2. The molecule has 3 heterocycles. The molecule has 1 aromatic heterocycles. The molecule has 1 fully saturated rings. The molecule has 6 nitrogen and oxygen atoms in total. The fourth-order valence-electron chi connectivity index (χ4n) is 2.69. The van der Waals surface area contributed by atoms with Crippen LogP contribution in [-0.4, -0.2) is 50.5 Å². The predicted octanol–water partition coefficient (Wildman–Crippen LogP) is 0.155. The van der Waals surface area contributed by atoms with Gasteiger partial charge in [0.15, 0.2) is 0 Å². The molecule has 108 valence electrons. The number of hydrogen-bond acceptors (Lipinski definition) is 4. The van der Waals surface area contributed by atoms with Gasteiger partial charge < -0.3 is 14.8 Å². The van der Waals surface area contributed by atoms with Crippen molar-refractivity contribution in [1.29, 1.82) is 0 Å². The van der Waals surface area contributed by atoms with Gasteiger partial charge in [0.05, 0.1) is 17.3 Å². The maximum Gasteiger partial charge on any atom is 0.239 e. The molecule has 2 aliphatic rings. The Morgan fingerprint density at radius 3 is 3.20 bits per heavy atom. The van der Waals surface area contributed by atoms with Crippen molar-refractivity contribution >= 4 is 23.6 Å². The molecule has 0 bridgehead atoms. The number of aromatic nitrogens is 2. The molecule has 1 atom stereocenters. The van der Waals surface area contributed by atoms with Gasteiger partial charge in [-0.3, -0.25) is 9.59 Å². The Morgan fingerprint density at radius 1 is 1.60 bits per heavy atom. The molecule has 1 aromatic rings. The van der Waals surface area contributed by atoms with Gasteiger partial charge >= 0.3 is 0 Å². The summed E-state index contributed by atoms with van der Waals surface area (Å²) in [4.78, 5) is 29.5. The third-order valence-corrected chi connectivity index (χ3v) is 4.58. The minimum Gasteiger partial charge on any atom is -0.350 e. The molecule has 0 radical (unpaired) electrons. The first-order valence-electron chi connectivity index (χ1n) is 6.79. The van der Waals surface area contributed by atoms with Gasteiger partial charge in [0.25, 0.3) is 0 Å². The second kappa shape index (κ2) is 5.47. The predicted molar refractivity (Wildman–Crippen MR) is 76.3 cm³/mol. The minimum atomic E-state index is -0.0638. The number of carbonyl (C=O) groups is 2. The van der Waals surface area contributed by atoms with Gasteiger partial charge in [-0.05, 0) is 13.3 Å². The van der Waals surface area contributed by atoms with Gasteiger partial charge in [0.1, 0.15) is 12.4 Å². The molecule has 0 spiro atoms. The zero-order chi connectivity index (χ0) is 14.1. The number of nitrogens with one attached hydrogen (secondary N) is 1. The van der Waals surface area contributed by atoms with Crippen LogP contribution in [0.5, 0.6) is 0 Å². The highest BCUT2D eigenvalue weighted by Gasteiger charge is 2.25. The topological polar surface area (TPSA) is 67.2 Å². The third kappa shape index (κ3) is 2.82. The summed E-state index contributed by atoms with van der Waals surface area (Å²) in [5.74, 6) is 2.21. The number of carbonyl (C=O) groups excluding carboxylic acids is 2. The fourth-order valence-corrected chi connectivity index (χ4v) is 3.60. The van der Waals surface area contributed by atoms with E-state index in [0.29, 0.717) is 11.6 Å². The number of thioether (sulfide) groups is 1. The van der Waals surface area contributed by atoms with Gasteiger partial charge in [-0.25, -0.2) is 4.98 Å². The van der Waals surface area contributed by atoms with Crippen molar-refractivity contribution in [3.63, 3.8) is 0 Å². The first-order valence-corrected chi connectivity index (χ1v) is 7.95. The first-order chi connectivity index (χ1) is 9.61. The largest absolute Gasteiger partial charge is 0.350 e. The summed E-state index contributed by atoms with van der Waals surface area (Å²) < 4.78 is 2.11. The van der Waals surface area contributed by atoms with Crippen LogP contribution in [0.25, 0.3) is 0 Å². The lowest BCUT2D eigenvalue weighted by molar-refractivity contribution is -0.132. The summed E-state index contributed by atoms with van der Waals surface area (Å²) in [6, 6.07) is 0.133. The first kappa shape index (κ1) is 13.5. The van der Waals surface area contributed by atoms with Crippen molar-refractivity contribution in [2.45, 2.75) is 32.4 Å². The van der Waals surface area contributed by atoms with Crippen LogP contribution in [0.3, 0.4) is 0 Å². The molecule has 7 heteroatoms. The maximum absolute atomic E-state index is 12.0. The second-order valence-corrected chi connectivity index (χ2v) is 6.28. The van der Waals surface area contributed by atoms with Crippen LogP contribution >= 0.6 is 11.8 Å². The Hall–Kier alpha value is -1.50. The molecule has 1 N–H and O–H groups in total. The third-order valence-electron chi connectivity index (χ3n) is 3.64. The lowest BCUT2D eigenvalue weighted by Crippen LogP contribution is -2.45. The smallest absolute Gasteiger partial charge is 0.239 e. The van der Waals surface area contributed by atoms with E-state index in [9.17, 15) is 9.59 Å². The van der Waals surface area contributed by atoms with E-state index in [1.54, 1.807) is 16.7 Å².